The second kappa shape index (κ2) is 13.2. The zero-order chi connectivity index (χ0) is 24.1. The summed E-state index contributed by atoms with van der Waals surface area (Å²) in [6.45, 7) is 7.63. The van der Waals surface area contributed by atoms with Crippen LogP contribution in [0.4, 0.5) is 4.79 Å². The molecule has 0 saturated carbocycles. The first-order chi connectivity index (χ1) is 15.7. The molecule has 0 spiro atoms. The Balaban J connectivity index is 0.000000468. The van der Waals surface area contributed by atoms with Gasteiger partial charge in [0, 0.05) is 12.5 Å². The predicted molar refractivity (Wildman–Crippen MR) is 131 cm³/mol. The van der Waals surface area contributed by atoms with Crippen molar-refractivity contribution in [2.75, 3.05) is 0 Å². The van der Waals surface area contributed by atoms with Gasteiger partial charge in [0.25, 0.3) is 0 Å². The number of hydrogen-bond acceptors (Lipinski definition) is 4. The van der Waals surface area contributed by atoms with Crippen LogP contribution in [0, 0.1) is 6.92 Å². The second-order valence-electron chi connectivity index (χ2n) is 8.98. The Morgan fingerprint density at radius 3 is 2.24 bits per heavy atom. The minimum absolute atomic E-state index is 0.0345. The number of amides is 1. The lowest BCUT2D eigenvalue weighted by atomic mass is 10.0. The number of nitrogens with one attached hydrogen (secondary N) is 2. The Labute approximate surface area is 196 Å². The normalized spacial score (nSPS) is 11.6. The Morgan fingerprint density at radius 2 is 1.73 bits per heavy atom. The van der Waals surface area contributed by atoms with Crippen LogP contribution in [0.1, 0.15) is 61.1 Å². The number of benzene rings is 2. The van der Waals surface area contributed by atoms with Crippen LogP contribution in [0.15, 0.2) is 66.9 Å². The van der Waals surface area contributed by atoms with Gasteiger partial charge >= 0.3 is 6.09 Å². The largest absolute Gasteiger partial charge is 0.444 e. The predicted octanol–water partition coefficient (Wildman–Crippen LogP) is 5.68. The van der Waals surface area contributed by atoms with Crippen LogP contribution in [-0.4, -0.2) is 34.0 Å². The first kappa shape index (κ1) is 25.8. The average Bonchev–Trinajstić information content (AvgIpc) is 3.22. The van der Waals surface area contributed by atoms with Gasteiger partial charge in [-0.3, -0.25) is 4.79 Å². The summed E-state index contributed by atoms with van der Waals surface area (Å²) in [5.74, 6) is 0.780. The van der Waals surface area contributed by atoms with E-state index >= 15 is 0 Å². The minimum atomic E-state index is -0.527. The number of aryl methyl sites for hydroxylation is 2. The highest BCUT2D eigenvalue weighted by molar-refractivity contribution is 5.71. The topological polar surface area (TPSA) is 84.1 Å². The van der Waals surface area contributed by atoms with E-state index in [0.29, 0.717) is 5.69 Å². The molecule has 3 aromatic rings. The molecule has 1 amide bonds. The smallest absolute Gasteiger partial charge is 0.407 e. The Morgan fingerprint density at radius 1 is 1.09 bits per heavy atom. The molecule has 6 nitrogen and oxygen atoms in total. The number of imidazole rings is 1. The minimum Gasteiger partial charge on any atom is -0.444 e. The van der Waals surface area contributed by atoms with Crippen LogP contribution >= 0.6 is 0 Å². The highest BCUT2D eigenvalue weighted by Gasteiger charge is 2.19. The van der Waals surface area contributed by atoms with Crippen LogP contribution in [0.5, 0.6) is 0 Å². The molecule has 0 aliphatic rings. The fourth-order valence-electron chi connectivity index (χ4n) is 3.21. The monoisotopic (exact) mass is 449 g/mol. The lowest BCUT2D eigenvalue weighted by Gasteiger charge is -2.24. The molecule has 1 aromatic heterocycles. The summed E-state index contributed by atoms with van der Waals surface area (Å²) < 4.78 is 5.38. The van der Waals surface area contributed by atoms with E-state index < -0.39 is 11.7 Å². The van der Waals surface area contributed by atoms with Crippen molar-refractivity contribution in [2.24, 2.45) is 0 Å². The summed E-state index contributed by atoms with van der Waals surface area (Å²) in [5.41, 5.74) is 2.44. The number of carbonyl (C=O) groups excluding carboxylic acids is 2. The molecule has 176 valence electrons. The molecular weight excluding hydrogens is 414 g/mol. The molecule has 0 unspecified atom stereocenters. The summed E-state index contributed by atoms with van der Waals surface area (Å²) in [6, 6.07) is 20.3. The fraction of sp³-hybridized carbons (Fsp3) is 0.370. The van der Waals surface area contributed by atoms with Crippen LogP contribution < -0.4 is 5.32 Å². The molecule has 0 aliphatic carbocycles. The van der Waals surface area contributed by atoms with E-state index in [2.05, 4.69) is 34.3 Å². The number of aromatic nitrogens is 2. The maximum absolute atomic E-state index is 12.1. The number of aromatic amines is 1. The van der Waals surface area contributed by atoms with E-state index in [1.807, 2.05) is 69.3 Å². The van der Waals surface area contributed by atoms with E-state index in [0.717, 1.165) is 43.4 Å². The van der Waals surface area contributed by atoms with E-state index in [-0.39, 0.29) is 6.04 Å². The second-order valence-corrected chi connectivity index (χ2v) is 8.98. The van der Waals surface area contributed by atoms with Crippen molar-refractivity contribution in [2.45, 2.75) is 65.0 Å². The molecule has 2 N–H and O–H groups in total. The van der Waals surface area contributed by atoms with E-state index in [1.165, 1.54) is 11.8 Å². The van der Waals surface area contributed by atoms with Crippen molar-refractivity contribution in [1.29, 1.82) is 0 Å². The number of hydrogen-bond donors (Lipinski definition) is 2. The van der Waals surface area contributed by atoms with Gasteiger partial charge in [0.05, 0.1) is 11.9 Å². The van der Waals surface area contributed by atoms with E-state index in [9.17, 15) is 9.59 Å². The summed E-state index contributed by atoms with van der Waals surface area (Å²) in [7, 11) is 0. The summed E-state index contributed by atoms with van der Waals surface area (Å²) in [4.78, 5) is 30.0. The van der Waals surface area contributed by atoms with Crippen molar-refractivity contribution in [3.63, 3.8) is 0 Å². The average molecular weight is 450 g/mol. The zero-order valence-electron chi connectivity index (χ0n) is 20.0. The van der Waals surface area contributed by atoms with Gasteiger partial charge in [0.2, 0.25) is 0 Å². The fourth-order valence-corrected chi connectivity index (χ4v) is 3.21. The molecule has 0 bridgehead atoms. The maximum Gasteiger partial charge on any atom is 0.407 e. The molecule has 6 heteroatoms. The van der Waals surface area contributed by atoms with Crippen molar-refractivity contribution in [3.8, 4) is 0 Å². The molecule has 0 aliphatic heterocycles. The van der Waals surface area contributed by atoms with Crippen molar-refractivity contribution >= 4 is 12.4 Å². The zero-order valence-corrected chi connectivity index (χ0v) is 20.0. The van der Waals surface area contributed by atoms with Gasteiger partial charge in [-0.15, -0.1) is 0 Å². The first-order valence-electron chi connectivity index (χ1n) is 11.3. The number of aldehydes is 1. The molecule has 2 aromatic carbocycles. The Kier molecular flexibility index (Phi) is 10.3. The van der Waals surface area contributed by atoms with Crippen LogP contribution in [0.3, 0.4) is 0 Å². The van der Waals surface area contributed by atoms with Gasteiger partial charge < -0.3 is 15.0 Å². The quantitative estimate of drug-likeness (QED) is 0.434. The number of alkyl carbamates (subject to hydrolysis) is 1. The highest BCUT2D eigenvalue weighted by Crippen LogP contribution is 2.12. The molecule has 0 saturated heterocycles. The van der Waals surface area contributed by atoms with Crippen LogP contribution in [0.25, 0.3) is 0 Å². The van der Waals surface area contributed by atoms with Gasteiger partial charge in [-0.2, -0.15) is 0 Å². The Hall–Kier alpha value is -3.41. The van der Waals surface area contributed by atoms with Gasteiger partial charge in [-0.25, -0.2) is 9.78 Å². The maximum atomic E-state index is 12.1. The third-order valence-corrected chi connectivity index (χ3v) is 4.73. The van der Waals surface area contributed by atoms with E-state index in [1.54, 1.807) is 0 Å². The van der Waals surface area contributed by atoms with E-state index in [4.69, 9.17) is 4.74 Å². The summed E-state index contributed by atoms with van der Waals surface area (Å²) in [5, 5.41) is 2.98. The van der Waals surface area contributed by atoms with Gasteiger partial charge in [0.1, 0.15) is 11.4 Å². The number of ether oxygens (including phenoxy) is 1. The summed E-state index contributed by atoms with van der Waals surface area (Å²) >= 11 is 0. The molecular formula is C27H35N3O3. The standard InChI is InChI=1S/C20H27N3O3.C7H8/c1-20(2,3)26-19(25)23-16(12-15-8-5-4-6-9-15)10-7-11-18-21-13-17(14-24)22-18;1-7-5-3-2-4-6-7/h4-6,8-9,13-14,16H,7,10-12H2,1-3H3,(H,21,22)(H,23,25);2-6H,1H3/t16-;/m1./s1. The lowest BCUT2D eigenvalue weighted by molar-refractivity contribution is 0.0501. The van der Waals surface area contributed by atoms with Crippen molar-refractivity contribution in [1.82, 2.24) is 15.3 Å². The third kappa shape index (κ3) is 11.1. The number of H-pyrrole nitrogens is 1. The molecule has 1 heterocycles. The Bertz CT molecular complexity index is 963. The third-order valence-electron chi connectivity index (χ3n) is 4.73. The first-order valence-corrected chi connectivity index (χ1v) is 11.3. The number of nitrogens with zero attached hydrogens (tertiary/aromatic N) is 1. The van der Waals surface area contributed by atoms with Crippen molar-refractivity contribution in [3.05, 3.63) is 89.5 Å². The van der Waals surface area contributed by atoms with Gasteiger partial charge in [0.15, 0.2) is 6.29 Å². The van der Waals surface area contributed by atoms with Crippen LogP contribution in [-0.2, 0) is 17.6 Å². The molecule has 0 radical (unpaired) electrons. The number of carbonyl (C=O) groups is 2. The summed E-state index contributed by atoms with van der Waals surface area (Å²) in [6.07, 6.45) is 4.94. The highest BCUT2D eigenvalue weighted by atomic mass is 16.6. The SMILES string of the molecule is CC(C)(C)OC(=O)N[C@H](CCCc1ncc(C=O)[nH]1)Cc1ccccc1.Cc1ccccc1. The number of rotatable bonds is 8. The van der Waals surface area contributed by atoms with Gasteiger partial charge in [-0.1, -0.05) is 66.2 Å². The molecule has 33 heavy (non-hydrogen) atoms. The molecule has 1 atom stereocenters. The van der Waals surface area contributed by atoms with Crippen LogP contribution in [0.2, 0.25) is 0 Å². The van der Waals surface area contributed by atoms with Crippen molar-refractivity contribution < 1.29 is 14.3 Å². The molecule has 0 fully saturated rings. The molecule has 3 rings (SSSR count). The van der Waals surface area contributed by atoms with Gasteiger partial charge in [-0.05, 0) is 52.5 Å². The lowest BCUT2D eigenvalue weighted by Crippen LogP contribution is -2.40.